The predicted molar refractivity (Wildman–Crippen MR) is 308 cm³/mol. The maximum atomic E-state index is 13.1. The minimum atomic E-state index is -1.79. The molecule has 2 rings (SSSR count). The summed E-state index contributed by atoms with van der Waals surface area (Å²) in [4.78, 5) is 13.1. The van der Waals surface area contributed by atoms with Gasteiger partial charge in [0.1, 0.15) is 48.8 Å². The van der Waals surface area contributed by atoms with Crippen LogP contribution in [-0.4, -0.2) is 140 Å². The Bertz CT molecular complexity index is 1840. The van der Waals surface area contributed by atoms with Gasteiger partial charge in [0.2, 0.25) is 5.91 Å². The molecule has 2 aliphatic heterocycles. The quantitative estimate of drug-likeness (QED) is 0.0205. The van der Waals surface area contributed by atoms with E-state index in [1.165, 1.54) is 0 Å². The van der Waals surface area contributed by atoms with E-state index in [4.69, 9.17) is 18.9 Å². The van der Waals surface area contributed by atoms with Gasteiger partial charge in [-0.2, -0.15) is 0 Å². The standard InChI is InChI=1S/C63H99NO13/c1-3-5-7-9-10-11-12-13-14-15-16-17-18-19-20-21-22-23-24-25-26-27-28-29-30-31-32-33-34-35-36-37-38-39-40-41-42-43-45-47-55(68)64-51(52(67)46-44-8-6-4-2)50-74-62-60(73)58(71)61(54(49-66)76-62)77-63-59(72)57(70)56(69)53(48-65)75-63/h5,7,10-11,13-14,16-17,19-20,22-23,25-26,28-29,31-32,34-35,37-38,40-41,51-54,56-63,65-67,69-73H,3-4,6,8-9,12,15,18,21,24,27,30,33,36,39,42-50H2,1-2H3,(H,64,68)/b7-5-,11-10-,14-13-,17-16-,20-19-,23-22-,26-25-,29-28-,32-31-,35-34-,38-37-,41-40-. The maximum Gasteiger partial charge on any atom is 0.220 e. The van der Waals surface area contributed by atoms with Crippen LogP contribution in [-0.2, 0) is 23.7 Å². The number of hydrogen-bond acceptors (Lipinski definition) is 13. The first-order valence-electron chi connectivity index (χ1n) is 28.6. The minimum absolute atomic E-state index is 0.236. The average molecular weight is 1080 g/mol. The Balaban J connectivity index is 1.58. The Morgan fingerprint density at radius 2 is 0.896 bits per heavy atom. The number of amides is 1. The summed E-state index contributed by atoms with van der Waals surface area (Å²) < 4.78 is 22.6. The highest BCUT2D eigenvalue weighted by Gasteiger charge is 2.51. The lowest BCUT2D eigenvalue weighted by Crippen LogP contribution is -2.65. The van der Waals surface area contributed by atoms with Crippen LogP contribution in [0.1, 0.15) is 149 Å². The Hall–Kier alpha value is -4.13. The van der Waals surface area contributed by atoms with E-state index in [1.54, 1.807) is 0 Å². The molecule has 0 spiro atoms. The molecule has 2 saturated heterocycles. The van der Waals surface area contributed by atoms with Crippen molar-refractivity contribution in [3.8, 4) is 0 Å². The molecular formula is C63H99NO13. The second kappa shape index (κ2) is 46.8. The van der Waals surface area contributed by atoms with E-state index < -0.39 is 86.8 Å². The van der Waals surface area contributed by atoms with Crippen molar-refractivity contribution >= 4 is 5.91 Å². The summed E-state index contributed by atoms with van der Waals surface area (Å²) in [6, 6.07) is -0.858. The molecule has 2 aliphatic rings. The lowest BCUT2D eigenvalue weighted by atomic mass is 9.97. The number of aliphatic hydroxyl groups is 8. The van der Waals surface area contributed by atoms with Crippen LogP contribution < -0.4 is 5.32 Å². The van der Waals surface area contributed by atoms with Crippen molar-refractivity contribution in [2.45, 2.75) is 222 Å². The summed E-state index contributed by atoms with van der Waals surface area (Å²) in [6.45, 7) is 2.53. The second-order valence-electron chi connectivity index (χ2n) is 19.3. The first-order valence-corrected chi connectivity index (χ1v) is 28.6. The molecule has 0 radical (unpaired) electrons. The molecule has 1 amide bonds. The van der Waals surface area contributed by atoms with Crippen LogP contribution in [0.2, 0.25) is 0 Å². The Morgan fingerprint density at radius 1 is 0.481 bits per heavy atom. The first-order chi connectivity index (χ1) is 37.6. The van der Waals surface area contributed by atoms with E-state index in [-0.39, 0.29) is 18.9 Å². The number of nitrogens with one attached hydrogen (secondary N) is 1. The minimum Gasteiger partial charge on any atom is -0.394 e. The fourth-order valence-electron chi connectivity index (χ4n) is 8.21. The Morgan fingerprint density at radius 3 is 1.32 bits per heavy atom. The molecule has 14 nitrogen and oxygen atoms in total. The van der Waals surface area contributed by atoms with Crippen molar-refractivity contribution in [3.05, 3.63) is 146 Å². The maximum absolute atomic E-state index is 13.1. The van der Waals surface area contributed by atoms with Crippen molar-refractivity contribution in [2.24, 2.45) is 0 Å². The van der Waals surface area contributed by atoms with E-state index in [2.05, 4.69) is 165 Å². The summed E-state index contributed by atoms with van der Waals surface area (Å²) in [7, 11) is 0. The number of hydrogen-bond donors (Lipinski definition) is 9. The smallest absolute Gasteiger partial charge is 0.220 e. The molecule has 0 saturated carbocycles. The number of aliphatic hydroxyl groups excluding tert-OH is 8. The van der Waals surface area contributed by atoms with Crippen molar-refractivity contribution in [1.29, 1.82) is 0 Å². The largest absolute Gasteiger partial charge is 0.394 e. The molecule has 12 atom stereocenters. The summed E-state index contributed by atoms with van der Waals surface area (Å²) in [5.41, 5.74) is 0. The Kier molecular flexibility index (Phi) is 41.9. The summed E-state index contributed by atoms with van der Waals surface area (Å²) in [5, 5.41) is 86.3. The third-order valence-corrected chi connectivity index (χ3v) is 12.8. The van der Waals surface area contributed by atoms with Gasteiger partial charge in [-0.05, 0) is 103 Å². The first kappa shape index (κ1) is 69.0. The average Bonchev–Trinajstić information content (AvgIpc) is 3.43. The monoisotopic (exact) mass is 1080 g/mol. The second-order valence-corrected chi connectivity index (χ2v) is 19.3. The van der Waals surface area contributed by atoms with Crippen LogP contribution >= 0.6 is 0 Å². The van der Waals surface area contributed by atoms with Crippen LogP contribution in [0, 0.1) is 0 Å². The van der Waals surface area contributed by atoms with Gasteiger partial charge in [-0.25, -0.2) is 0 Å². The zero-order chi connectivity index (χ0) is 56.0. The number of rotatable bonds is 42. The molecule has 12 unspecified atom stereocenters. The summed E-state index contributed by atoms with van der Waals surface area (Å²) in [5.74, 6) is -0.266. The third-order valence-electron chi connectivity index (χ3n) is 12.8. The molecule has 0 aromatic rings. The highest BCUT2D eigenvalue weighted by Crippen LogP contribution is 2.30. The van der Waals surface area contributed by atoms with E-state index in [0.717, 1.165) is 116 Å². The number of ether oxygens (including phenoxy) is 4. The molecule has 0 aromatic heterocycles. The molecule has 0 aliphatic carbocycles. The zero-order valence-electron chi connectivity index (χ0n) is 46.4. The van der Waals surface area contributed by atoms with Crippen LogP contribution in [0.4, 0.5) is 0 Å². The van der Waals surface area contributed by atoms with Crippen molar-refractivity contribution in [3.63, 3.8) is 0 Å². The fraction of sp³-hybridized carbons (Fsp3) is 0.603. The summed E-state index contributed by atoms with van der Waals surface area (Å²) >= 11 is 0. The van der Waals surface area contributed by atoms with Crippen LogP contribution in [0.15, 0.2) is 146 Å². The van der Waals surface area contributed by atoms with Gasteiger partial charge in [0.05, 0.1) is 32.0 Å². The van der Waals surface area contributed by atoms with Crippen LogP contribution in [0.5, 0.6) is 0 Å². The highest BCUT2D eigenvalue weighted by atomic mass is 16.7. The van der Waals surface area contributed by atoms with Gasteiger partial charge in [-0.15, -0.1) is 0 Å². The molecule has 77 heavy (non-hydrogen) atoms. The fourth-order valence-corrected chi connectivity index (χ4v) is 8.21. The predicted octanol–water partition coefficient (Wildman–Crippen LogP) is 9.38. The molecular weight excluding hydrogens is 979 g/mol. The van der Waals surface area contributed by atoms with Crippen molar-refractivity contribution in [1.82, 2.24) is 5.32 Å². The van der Waals surface area contributed by atoms with Gasteiger partial charge < -0.3 is 65.1 Å². The normalized spacial score (nSPS) is 25.8. The number of carbonyl (C=O) groups excluding carboxylic acids is 1. The van der Waals surface area contributed by atoms with Crippen LogP contribution in [0.3, 0.4) is 0 Å². The highest BCUT2D eigenvalue weighted by molar-refractivity contribution is 5.76. The van der Waals surface area contributed by atoms with E-state index >= 15 is 0 Å². The zero-order valence-corrected chi connectivity index (χ0v) is 46.4. The SMILES string of the molecule is CC/C=C\C/C=C\C/C=C\C/C=C\C/C=C\C/C=C\C/C=C\C/C=C\C/C=C\C/C=C\C/C=C\C/C=C\CCCCC(=O)NC(COC1OC(CO)C(OC2OC(CO)C(O)C(O)C2O)C(O)C1O)C(O)CCCCCC. The van der Waals surface area contributed by atoms with Gasteiger partial charge in [0.25, 0.3) is 0 Å². The van der Waals surface area contributed by atoms with Gasteiger partial charge in [-0.1, -0.05) is 185 Å². The third kappa shape index (κ3) is 32.5. The van der Waals surface area contributed by atoms with E-state index in [9.17, 15) is 45.6 Å². The molecule has 434 valence electrons. The molecule has 0 aromatic carbocycles. The lowest BCUT2D eigenvalue weighted by molar-refractivity contribution is -0.359. The van der Waals surface area contributed by atoms with Gasteiger partial charge >= 0.3 is 0 Å². The molecule has 9 N–H and O–H groups in total. The topological polar surface area (TPSA) is 228 Å². The van der Waals surface area contributed by atoms with E-state index in [1.807, 2.05) is 0 Å². The molecule has 2 fully saturated rings. The van der Waals surface area contributed by atoms with Gasteiger partial charge in [-0.3, -0.25) is 4.79 Å². The number of allylic oxidation sites excluding steroid dienone is 24. The molecule has 2 heterocycles. The van der Waals surface area contributed by atoms with Crippen molar-refractivity contribution in [2.75, 3.05) is 19.8 Å². The Labute approximate surface area is 462 Å². The van der Waals surface area contributed by atoms with Crippen LogP contribution in [0.25, 0.3) is 0 Å². The number of unbranched alkanes of at least 4 members (excludes halogenated alkanes) is 5. The molecule has 0 bridgehead atoms. The van der Waals surface area contributed by atoms with Gasteiger partial charge in [0, 0.05) is 6.42 Å². The van der Waals surface area contributed by atoms with Gasteiger partial charge in [0.15, 0.2) is 12.6 Å². The number of carbonyl (C=O) groups is 1. The molecule has 14 heteroatoms. The van der Waals surface area contributed by atoms with Crippen molar-refractivity contribution < 1.29 is 64.6 Å². The van der Waals surface area contributed by atoms with E-state index in [0.29, 0.717) is 12.8 Å². The lowest BCUT2D eigenvalue weighted by Gasteiger charge is -2.46. The summed E-state index contributed by atoms with van der Waals surface area (Å²) in [6.07, 6.45) is 53.9.